The van der Waals surface area contributed by atoms with Gasteiger partial charge in [0.05, 0.1) is 18.0 Å². The smallest absolute Gasteiger partial charge is 0.309 e. The van der Waals surface area contributed by atoms with Gasteiger partial charge in [0.25, 0.3) is 0 Å². The average Bonchev–Trinajstić information content (AvgIpc) is 3.08. The maximum Gasteiger partial charge on any atom is 0.309 e. The van der Waals surface area contributed by atoms with Gasteiger partial charge >= 0.3 is 5.97 Å². The summed E-state index contributed by atoms with van der Waals surface area (Å²) < 4.78 is 7.46. The van der Waals surface area contributed by atoms with Crippen molar-refractivity contribution in [2.24, 2.45) is 5.92 Å². The molecule has 1 saturated heterocycles. The first-order valence-electron chi connectivity index (χ1n) is 9.79. The first-order chi connectivity index (χ1) is 13.3. The molecule has 4 nitrogen and oxygen atoms in total. The Morgan fingerprint density at radius 1 is 1.04 bits per heavy atom. The lowest BCUT2D eigenvalue weighted by Crippen LogP contribution is -2.36. The Kier molecular flexibility index (Phi) is 5.26. The van der Waals surface area contributed by atoms with Crippen molar-refractivity contribution in [3.8, 4) is 5.69 Å². The van der Waals surface area contributed by atoms with Crippen LogP contribution in [0, 0.1) is 5.92 Å². The Morgan fingerprint density at radius 2 is 1.74 bits per heavy atom. The number of hydrogen-bond acceptors (Lipinski definition) is 3. The fourth-order valence-electron chi connectivity index (χ4n) is 4.01. The molecular formula is C23H26N2O2. The lowest BCUT2D eigenvalue weighted by atomic mass is 9.96. The molecule has 0 radical (unpaired) electrons. The third-order valence-corrected chi connectivity index (χ3v) is 5.43. The van der Waals surface area contributed by atoms with Crippen LogP contribution in [-0.4, -0.2) is 35.1 Å². The summed E-state index contributed by atoms with van der Waals surface area (Å²) in [6.07, 6.45) is 4.03. The summed E-state index contributed by atoms with van der Waals surface area (Å²) in [5.74, 6) is 0.0321. The lowest BCUT2D eigenvalue weighted by molar-refractivity contribution is -0.149. The summed E-state index contributed by atoms with van der Waals surface area (Å²) in [4.78, 5) is 14.4. The molecule has 0 spiro atoms. The number of esters is 1. The highest BCUT2D eigenvalue weighted by atomic mass is 16.5. The highest BCUT2D eigenvalue weighted by Gasteiger charge is 2.26. The molecule has 1 aromatic heterocycles. The van der Waals surface area contributed by atoms with E-state index in [-0.39, 0.29) is 11.9 Å². The highest BCUT2D eigenvalue weighted by molar-refractivity contribution is 5.85. The largest absolute Gasteiger partial charge is 0.466 e. The molecular weight excluding hydrogens is 336 g/mol. The summed E-state index contributed by atoms with van der Waals surface area (Å²) in [5.41, 5.74) is 3.75. The lowest BCUT2D eigenvalue weighted by Gasteiger charge is -2.30. The van der Waals surface area contributed by atoms with Crippen LogP contribution >= 0.6 is 0 Å². The molecule has 1 aliphatic rings. The third kappa shape index (κ3) is 3.76. The first-order valence-corrected chi connectivity index (χ1v) is 9.79. The van der Waals surface area contributed by atoms with Crippen LogP contribution in [-0.2, 0) is 16.1 Å². The molecule has 1 fully saturated rings. The number of carbonyl (C=O) groups is 1. The van der Waals surface area contributed by atoms with E-state index < -0.39 is 0 Å². The van der Waals surface area contributed by atoms with E-state index in [2.05, 4.69) is 64.2 Å². The van der Waals surface area contributed by atoms with Crippen molar-refractivity contribution < 1.29 is 9.53 Å². The molecule has 1 aliphatic heterocycles. The van der Waals surface area contributed by atoms with Gasteiger partial charge in [0.2, 0.25) is 0 Å². The molecule has 0 amide bonds. The monoisotopic (exact) mass is 362 g/mol. The van der Waals surface area contributed by atoms with Crippen LogP contribution in [0.25, 0.3) is 16.6 Å². The Hall–Kier alpha value is -2.59. The average molecular weight is 362 g/mol. The highest BCUT2D eigenvalue weighted by Crippen LogP contribution is 2.27. The second-order valence-electron chi connectivity index (χ2n) is 7.18. The zero-order valence-corrected chi connectivity index (χ0v) is 15.8. The second kappa shape index (κ2) is 7.97. The van der Waals surface area contributed by atoms with E-state index in [4.69, 9.17) is 4.74 Å². The maximum absolute atomic E-state index is 12.0. The Balaban J connectivity index is 1.53. The minimum absolute atomic E-state index is 0.0298. The summed E-state index contributed by atoms with van der Waals surface area (Å²) >= 11 is 0. The van der Waals surface area contributed by atoms with E-state index in [9.17, 15) is 4.79 Å². The molecule has 27 heavy (non-hydrogen) atoms. The van der Waals surface area contributed by atoms with Crippen molar-refractivity contribution in [1.29, 1.82) is 0 Å². The molecule has 140 valence electrons. The standard InChI is InChI=1S/C23H26N2O2/c1-2-27-23(26)18-12-14-24(15-13-18)16-19-17-25(20-8-4-3-5-9-20)22-11-7-6-10-21(19)22/h3-11,17-18H,2,12-16H2,1H3. The molecule has 3 aromatic rings. The van der Waals surface area contributed by atoms with Crippen molar-refractivity contribution in [3.05, 3.63) is 66.4 Å². The molecule has 4 heteroatoms. The van der Waals surface area contributed by atoms with E-state index in [1.807, 2.05) is 13.0 Å². The molecule has 0 saturated carbocycles. The second-order valence-corrected chi connectivity index (χ2v) is 7.18. The number of hydrogen-bond donors (Lipinski definition) is 0. The number of aromatic nitrogens is 1. The van der Waals surface area contributed by atoms with Gasteiger partial charge in [-0.15, -0.1) is 0 Å². The summed E-state index contributed by atoms with van der Waals surface area (Å²) in [6.45, 7) is 5.13. The van der Waals surface area contributed by atoms with E-state index in [1.165, 1.54) is 22.2 Å². The van der Waals surface area contributed by atoms with Crippen LogP contribution < -0.4 is 0 Å². The number of benzene rings is 2. The van der Waals surface area contributed by atoms with Gasteiger partial charge < -0.3 is 9.30 Å². The molecule has 0 atom stereocenters. The van der Waals surface area contributed by atoms with Crippen LogP contribution in [0.4, 0.5) is 0 Å². The Labute approximate surface area is 160 Å². The van der Waals surface area contributed by atoms with E-state index in [0.717, 1.165) is 32.5 Å². The molecule has 0 unspecified atom stereocenters. The van der Waals surface area contributed by atoms with Gasteiger partial charge in [-0.25, -0.2) is 0 Å². The van der Waals surface area contributed by atoms with Crippen molar-refractivity contribution in [2.75, 3.05) is 19.7 Å². The van der Waals surface area contributed by atoms with Crippen LogP contribution in [0.2, 0.25) is 0 Å². The maximum atomic E-state index is 12.0. The molecule has 0 bridgehead atoms. The molecule has 4 rings (SSSR count). The van der Waals surface area contributed by atoms with E-state index in [1.54, 1.807) is 0 Å². The normalized spacial score (nSPS) is 15.9. The van der Waals surface area contributed by atoms with Gasteiger partial charge in [-0.2, -0.15) is 0 Å². The summed E-state index contributed by atoms with van der Waals surface area (Å²) in [7, 11) is 0. The van der Waals surface area contributed by atoms with Gasteiger partial charge in [-0.1, -0.05) is 36.4 Å². The SMILES string of the molecule is CCOC(=O)C1CCN(Cc2cn(-c3ccccc3)c3ccccc23)CC1. The van der Waals surface area contributed by atoms with Crippen molar-refractivity contribution in [2.45, 2.75) is 26.3 Å². The number of piperidine rings is 1. The zero-order chi connectivity index (χ0) is 18.6. The van der Waals surface area contributed by atoms with E-state index >= 15 is 0 Å². The fraction of sp³-hybridized carbons (Fsp3) is 0.348. The van der Waals surface area contributed by atoms with E-state index in [0.29, 0.717) is 6.61 Å². The first kappa shape index (κ1) is 17.8. The summed E-state index contributed by atoms with van der Waals surface area (Å²) in [5, 5.41) is 1.30. The number of ether oxygens (including phenoxy) is 1. The van der Waals surface area contributed by atoms with Gasteiger partial charge in [0.15, 0.2) is 0 Å². The van der Waals surface area contributed by atoms with Crippen LogP contribution in [0.15, 0.2) is 60.8 Å². The van der Waals surface area contributed by atoms with Gasteiger partial charge in [-0.3, -0.25) is 9.69 Å². The minimum atomic E-state index is -0.0298. The third-order valence-electron chi connectivity index (χ3n) is 5.43. The number of nitrogens with zero attached hydrogens (tertiary/aromatic N) is 2. The Bertz CT molecular complexity index is 909. The molecule has 0 N–H and O–H groups in total. The van der Waals surface area contributed by atoms with Gasteiger partial charge in [0.1, 0.15) is 0 Å². The fourth-order valence-corrected chi connectivity index (χ4v) is 4.01. The van der Waals surface area contributed by atoms with Crippen molar-refractivity contribution in [1.82, 2.24) is 9.47 Å². The minimum Gasteiger partial charge on any atom is -0.466 e. The number of likely N-dealkylation sites (tertiary alicyclic amines) is 1. The topological polar surface area (TPSA) is 34.5 Å². The van der Waals surface area contributed by atoms with Crippen LogP contribution in [0.5, 0.6) is 0 Å². The zero-order valence-electron chi connectivity index (χ0n) is 15.8. The van der Waals surface area contributed by atoms with Crippen LogP contribution in [0.3, 0.4) is 0 Å². The molecule has 2 heterocycles. The van der Waals surface area contributed by atoms with Crippen molar-refractivity contribution >= 4 is 16.9 Å². The van der Waals surface area contributed by atoms with Gasteiger partial charge in [-0.05, 0) is 56.6 Å². The van der Waals surface area contributed by atoms with Crippen LogP contribution in [0.1, 0.15) is 25.3 Å². The molecule has 2 aromatic carbocycles. The molecule has 0 aliphatic carbocycles. The number of rotatable bonds is 5. The predicted octanol–water partition coefficient (Wildman–Crippen LogP) is 4.41. The number of carbonyl (C=O) groups excluding carboxylic acids is 1. The summed E-state index contributed by atoms with van der Waals surface area (Å²) in [6, 6.07) is 19.1. The quantitative estimate of drug-likeness (QED) is 0.631. The van der Waals surface area contributed by atoms with Crippen molar-refractivity contribution in [3.63, 3.8) is 0 Å². The Morgan fingerprint density at radius 3 is 2.48 bits per heavy atom. The predicted molar refractivity (Wildman–Crippen MR) is 108 cm³/mol. The number of para-hydroxylation sites is 2. The number of fused-ring (bicyclic) bond motifs is 1. The van der Waals surface area contributed by atoms with Gasteiger partial charge in [0, 0.05) is 23.8 Å².